The van der Waals surface area contributed by atoms with Gasteiger partial charge in [-0.1, -0.05) is 123 Å². The molecule has 5 nitrogen and oxygen atoms in total. The predicted octanol–water partition coefficient (Wildman–Crippen LogP) is 11.2. The van der Waals surface area contributed by atoms with Gasteiger partial charge in [-0.15, -0.1) is 10.2 Å². The molecule has 0 spiro atoms. The van der Waals surface area contributed by atoms with Gasteiger partial charge in [-0.3, -0.25) is 0 Å². The van der Waals surface area contributed by atoms with Crippen molar-refractivity contribution in [2.24, 2.45) is 0 Å². The summed E-state index contributed by atoms with van der Waals surface area (Å²) in [6, 6.07) is 54.0. The van der Waals surface area contributed by atoms with Crippen molar-refractivity contribution in [3.8, 4) is 33.9 Å². The van der Waals surface area contributed by atoms with E-state index < -0.39 is 0 Å². The predicted molar refractivity (Wildman–Crippen MR) is 209 cm³/mol. The molecule has 7 aromatic carbocycles. The Balaban J connectivity index is 1.32. The van der Waals surface area contributed by atoms with Crippen molar-refractivity contribution in [3.63, 3.8) is 0 Å². The number of nitrogens with zero attached hydrogens (tertiary/aromatic N) is 5. The summed E-state index contributed by atoms with van der Waals surface area (Å²) in [5.74, 6) is 0.618. The van der Waals surface area contributed by atoms with Gasteiger partial charge < -0.3 is 9.13 Å². The first kappa shape index (κ1) is 28.3. The third-order valence-electron chi connectivity index (χ3n) is 11.0. The second-order valence-electron chi connectivity index (χ2n) is 14.1. The Labute approximate surface area is 294 Å². The molecule has 0 saturated heterocycles. The molecule has 3 aromatic heterocycles. The average Bonchev–Trinajstić information content (AvgIpc) is 3.79. The summed E-state index contributed by atoms with van der Waals surface area (Å²) in [4.78, 5) is 5.50. The van der Waals surface area contributed by atoms with Crippen LogP contribution in [0.2, 0.25) is 0 Å². The normalized spacial score (nSPS) is 13.5. The van der Waals surface area contributed by atoms with Gasteiger partial charge in [0.05, 0.1) is 22.1 Å². The Morgan fingerprint density at radius 2 is 1.04 bits per heavy atom. The lowest BCUT2D eigenvalue weighted by atomic mass is 9.82. The standard InChI is InChI=1S/C46H31N5/c1-46(2)35-22-12-9-19-31(35)34-27-28(25-26-36(34)46)45-47-41-39-32-20-10-13-23-37(32)50(29-15-5-3-6-16-29)43(39)40-33-21-11-14-24-38(33)51(30-17-7-4-8-18-30)44(40)42(41)48-49-45/h3-27H,1-2H3. The highest BCUT2D eigenvalue weighted by Gasteiger charge is 2.35. The summed E-state index contributed by atoms with van der Waals surface area (Å²) < 4.78 is 4.74. The third-order valence-corrected chi connectivity index (χ3v) is 11.0. The van der Waals surface area contributed by atoms with Crippen LogP contribution in [0.15, 0.2) is 152 Å². The number of rotatable bonds is 3. The Kier molecular flexibility index (Phi) is 5.66. The van der Waals surface area contributed by atoms with E-state index in [-0.39, 0.29) is 5.41 Å². The molecular weight excluding hydrogens is 623 g/mol. The molecule has 10 aromatic rings. The molecule has 0 bridgehead atoms. The van der Waals surface area contributed by atoms with Crippen LogP contribution in [-0.4, -0.2) is 24.3 Å². The minimum Gasteiger partial charge on any atom is -0.308 e. The molecular formula is C46H31N5. The Bertz CT molecular complexity index is 3040. The maximum atomic E-state index is 5.50. The van der Waals surface area contributed by atoms with E-state index in [1.807, 2.05) is 0 Å². The van der Waals surface area contributed by atoms with Gasteiger partial charge in [-0.2, -0.15) is 0 Å². The van der Waals surface area contributed by atoms with Gasteiger partial charge in [-0.25, -0.2) is 4.98 Å². The number of hydrogen-bond donors (Lipinski definition) is 0. The fourth-order valence-corrected chi connectivity index (χ4v) is 8.75. The van der Waals surface area contributed by atoms with E-state index in [1.165, 1.54) is 22.3 Å². The van der Waals surface area contributed by atoms with E-state index in [2.05, 4.69) is 175 Å². The first-order valence-electron chi connectivity index (χ1n) is 17.5. The lowest BCUT2D eigenvalue weighted by molar-refractivity contribution is 0.660. The van der Waals surface area contributed by atoms with Crippen LogP contribution in [0.25, 0.3) is 88.5 Å². The number of benzene rings is 7. The summed E-state index contributed by atoms with van der Waals surface area (Å²) >= 11 is 0. The zero-order chi connectivity index (χ0) is 33.8. The van der Waals surface area contributed by atoms with Gasteiger partial charge in [0, 0.05) is 43.9 Å². The molecule has 51 heavy (non-hydrogen) atoms. The fraction of sp³-hybridized carbons (Fsp3) is 0.0652. The zero-order valence-corrected chi connectivity index (χ0v) is 28.2. The quantitative estimate of drug-likeness (QED) is 0.191. The van der Waals surface area contributed by atoms with Crippen LogP contribution in [0, 0.1) is 0 Å². The fourth-order valence-electron chi connectivity index (χ4n) is 8.75. The number of para-hydroxylation sites is 4. The largest absolute Gasteiger partial charge is 0.308 e. The molecule has 0 saturated carbocycles. The minimum absolute atomic E-state index is 0.0746. The topological polar surface area (TPSA) is 48.5 Å². The molecule has 0 radical (unpaired) electrons. The van der Waals surface area contributed by atoms with E-state index in [0.717, 1.165) is 71.6 Å². The Morgan fingerprint density at radius 1 is 0.471 bits per heavy atom. The monoisotopic (exact) mass is 653 g/mol. The zero-order valence-electron chi connectivity index (χ0n) is 28.2. The Hall–Kier alpha value is -6.59. The second-order valence-corrected chi connectivity index (χ2v) is 14.1. The average molecular weight is 654 g/mol. The summed E-state index contributed by atoms with van der Waals surface area (Å²) in [5, 5.41) is 14.6. The molecule has 1 aliphatic carbocycles. The van der Waals surface area contributed by atoms with E-state index in [4.69, 9.17) is 15.2 Å². The van der Waals surface area contributed by atoms with Crippen LogP contribution >= 0.6 is 0 Å². The number of fused-ring (bicyclic) bond motifs is 13. The molecule has 0 amide bonds. The van der Waals surface area contributed by atoms with E-state index in [1.54, 1.807) is 0 Å². The maximum Gasteiger partial charge on any atom is 0.182 e. The summed E-state index contributed by atoms with van der Waals surface area (Å²) in [6.07, 6.45) is 0. The van der Waals surface area contributed by atoms with Crippen LogP contribution in [-0.2, 0) is 5.41 Å². The summed E-state index contributed by atoms with van der Waals surface area (Å²) in [7, 11) is 0. The molecule has 0 N–H and O–H groups in total. The van der Waals surface area contributed by atoms with Crippen LogP contribution in [0.1, 0.15) is 25.0 Å². The smallest absolute Gasteiger partial charge is 0.182 e. The van der Waals surface area contributed by atoms with Gasteiger partial charge in [0.1, 0.15) is 11.0 Å². The molecule has 240 valence electrons. The van der Waals surface area contributed by atoms with Crippen LogP contribution < -0.4 is 0 Å². The highest BCUT2D eigenvalue weighted by Crippen LogP contribution is 2.50. The van der Waals surface area contributed by atoms with Gasteiger partial charge in [0.2, 0.25) is 0 Å². The van der Waals surface area contributed by atoms with Crippen LogP contribution in [0.5, 0.6) is 0 Å². The first-order chi connectivity index (χ1) is 25.1. The van der Waals surface area contributed by atoms with Crippen molar-refractivity contribution >= 4 is 54.6 Å². The van der Waals surface area contributed by atoms with Crippen LogP contribution in [0.3, 0.4) is 0 Å². The van der Waals surface area contributed by atoms with Crippen LogP contribution in [0.4, 0.5) is 0 Å². The Morgan fingerprint density at radius 3 is 1.75 bits per heavy atom. The maximum absolute atomic E-state index is 5.50. The minimum atomic E-state index is -0.0746. The van der Waals surface area contributed by atoms with Crippen molar-refractivity contribution in [3.05, 3.63) is 163 Å². The van der Waals surface area contributed by atoms with E-state index >= 15 is 0 Å². The molecule has 3 heterocycles. The molecule has 0 fully saturated rings. The van der Waals surface area contributed by atoms with Crippen molar-refractivity contribution in [1.82, 2.24) is 24.3 Å². The molecule has 5 heteroatoms. The van der Waals surface area contributed by atoms with Crippen molar-refractivity contribution in [2.45, 2.75) is 19.3 Å². The first-order valence-corrected chi connectivity index (χ1v) is 17.5. The molecule has 11 rings (SSSR count). The van der Waals surface area contributed by atoms with Crippen molar-refractivity contribution < 1.29 is 0 Å². The molecule has 0 aliphatic heterocycles. The highest BCUT2D eigenvalue weighted by atomic mass is 15.2. The highest BCUT2D eigenvalue weighted by molar-refractivity contribution is 6.35. The SMILES string of the molecule is CC1(C)c2ccccc2-c2cc(-c3nnc4c(n3)c3c5ccccc5n(-c5ccccc5)c3c3c5ccccc5n(-c5ccccc5)c43)ccc21. The summed E-state index contributed by atoms with van der Waals surface area (Å²) in [6.45, 7) is 4.61. The lowest BCUT2D eigenvalue weighted by Crippen LogP contribution is -2.14. The van der Waals surface area contributed by atoms with Gasteiger partial charge in [0.15, 0.2) is 5.82 Å². The second kappa shape index (κ2) is 10.2. The molecule has 0 atom stereocenters. The van der Waals surface area contributed by atoms with Gasteiger partial charge in [0.25, 0.3) is 0 Å². The van der Waals surface area contributed by atoms with Crippen molar-refractivity contribution in [2.75, 3.05) is 0 Å². The lowest BCUT2D eigenvalue weighted by Gasteiger charge is -2.21. The van der Waals surface area contributed by atoms with Gasteiger partial charge in [-0.05, 0) is 64.7 Å². The number of aromatic nitrogens is 5. The molecule has 0 unspecified atom stereocenters. The van der Waals surface area contributed by atoms with Crippen molar-refractivity contribution in [1.29, 1.82) is 0 Å². The third kappa shape index (κ3) is 3.78. The molecule has 1 aliphatic rings. The van der Waals surface area contributed by atoms with E-state index in [0.29, 0.717) is 5.82 Å². The van der Waals surface area contributed by atoms with E-state index in [9.17, 15) is 0 Å². The number of hydrogen-bond acceptors (Lipinski definition) is 3. The summed E-state index contributed by atoms with van der Waals surface area (Å²) in [5.41, 5.74) is 14.2. The van der Waals surface area contributed by atoms with Gasteiger partial charge >= 0.3 is 0 Å².